The van der Waals surface area contributed by atoms with Crippen LogP contribution in [0.4, 0.5) is 4.79 Å². The quantitative estimate of drug-likeness (QED) is 0.392. The Morgan fingerprint density at radius 3 is 1.64 bits per heavy atom. The Bertz CT molecular complexity index is 307. The van der Waals surface area contributed by atoms with Crippen molar-refractivity contribution in [1.29, 1.82) is 0 Å². The monoisotopic (exact) mass is 313 g/mol. The number of rotatable bonds is 14. The lowest BCUT2D eigenvalue weighted by molar-refractivity contribution is -0.0838. The van der Waals surface area contributed by atoms with Crippen molar-refractivity contribution in [2.24, 2.45) is 5.41 Å². The lowest BCUT2D eigenvalue weighted by Gasteiger charge is -2.32. The van der Waals surface area contributed by atoms with Crippen LogP contribution in [-0.2, 0) is 18.9 Å². The number of alkyl carbamates (subject to hydrolysis) is 1. The predicted octanol–water partition coefficient (Wildman–Crippen LogP) is 1.94. The largest absolute Gasteiger partial charge is 0.449 e. The van der Waals surface area contributed by atoms with Gasteiger partial charge in [-0.05, 0) is 0 Å². The molecular formula is C16H27NO5. The van der Waals surface area contributed by atoms with Crippen molar-refractivity contribution >= 4 is 6.09 Å². The van der Waals surface area contributed by atoms with E-state index in [9.17, 15) is 4.79 Å². The molecule has 6 heteroatoms. The molecule has 126 valence electrons. The standard InChI is InChI=1S/C16H27NO5/c1-5-8-19-11-16(12-20-9-6-2,13-21-10-7-3)14-22-15(18)17-4/h5-7H,1-3,8-14H2,4H3,(H,17,18). The Morgan fingerprint density at radius 1 is 0.909 bits per heavy atom. The highest BCUT2D eigenvalue weighted by Gasteiger charge is 2.33. The van der Waals surface area contributed by atoms with Gasteiger partial charge in [0.15, 0.2) is 0 Å². The minimum atomic E-state index is -0.610. The molecule has 0 rings (SSSR count). The molecule has 0 aliphatic carbocycles. The van der Waals surface area contributed by atoms with Crippen LogP contribution in [0.5, 0.6) is 0 Å². The summed E-state index contributed by atoms with van der Waals surface area (Å²) in [6.45, 7) is 13.0. The van der Waals surface area contributed by atoms with Crippen LogP contribution in [0.1, 0.15) is 0 Å². The average molecular weight is 313 g/mol. The zero-order valence-electron chi connectivity index (χ0n) is 13.3. The third-order valence-corrected chi connectivity index (χ3v) is 2.65. The van der Waals surface area contributed by atoms with E-state index in [4.69, 9.17) is 18.9 Å². The van der Waals surface area contributed by atoms with Crippen LogP contribution >= 0.6 is 0 Å². The van der Waals surface area contributed by atoms with Crippen molar-refractivity contribution in [3.8, 4) is 0 Å². The van der Waals surface area contributed by atoms with Gasteiger partial charge in [0, 0.05) is 7.05 Å². The maximum atomic E-state index is 11.3. The van der Waals surface area contributed by atoms with Crippen molar-refractivity contribution in [3.63, 3.8) is 0 Å². The molecule has 0 unspecified atom stereocenters. The van der Waals surface area contributed by atoms with E-state index in [0.29, 0.717) is 39.6 Å². The van der Waals surface area contributed by atoms with Gasteiger partial charge in [-0.3, -0.25) is 0 Å². The molecule has 0 heterocycles. The summed E-state index contributed by atoms with van der Waals surface area (Å²) in [4.78, 5) is 11.3. The molecule has 0 spiro atoms. The first kappa shape index (κ1) is 20.4. The molecule has 0 aromatic rings. The van der Waals surface area contributed by atoms with E-state index in [-0.39, 0.29) is 6.61 Å². The fourth-order valence-electron chi connectivity index (χ4n) is 1.62. The molecule has 0 radical (unpaired) electrons. The van der Waals surface area contributed by atoms with Crippen LogP contribution in [-0.4, -0.2) is 59.4 Å². The van der Waals surface area contributed by atoms with Gasteiger partial charge in [-0.2, -0.15) is 0 Å². The highest BCUT2D eigenvalue weighted by molar-refractivity contribution is 5.66. The lowest BCUT2D eigenvalue weighted by atomic mass is 9.92. The maximum absolute atomic E-state index is 11.3. The molecule has 1 N–H and O–H groups in total. The van der Waals surface area contributed by atoms with Crippen LogP contribution in [0, 0.1) is 5.41 Å². The second-order valence-corrected chi connectivity index (χ2v) is 4.74. The molecule has 1 amide bonds. The zero-order chi connectivity index (χ0) is 16.7. The molecule has 0 bridgehead atoms. The van der Waals surface area contributed by atoms with E-state index in [0.717, 1.165) is 0 Å². The molecule has 0 fully saturated rings. The molecule has 0 aromatic carbocycles. The Kier molecular flexibility index (Phi) is 12.1. The molecular weight excluding hydrogens is 286 g/mol. The van der Waals surface area contributed by atoms with E-state index in [2.05, 4.69) is 25.1 Å². The summed E-state index contributed by atoms with van der Waals surface area (Å²) in [5.41, 5.74) is -0.610. The summed E-state index contributed by atoms with van der Waals surface area (Å²) < 4.78 is 21.8. The van der Waals surface area contributed by atoms with Crippen molar-refractivity contribution < 1.29 is 23.7 Å². The van der Waals surface area contributed by atoms with Gasteiger partial charge in [-0.25, -0.2) is 4.79 Å². The van der Waals surface area contributed by atoms with Gasteiger partial charge >= 0.3 is 6.09 Å². The summed E-state index contributed by atoms with van der Waals surface area (Å²) in [5, 5.41) is 2.41. The van der Waals surface area contributed by atoms with Gasteiger partial charge < -0.3 is 24.3 Å². The normalized spacial score (nSPS) is 10.8. The number of carbonyl (C=O) groups is 1. The molecule has 0 aliphatic rings. The third kappa shape index (κ3) is 9.33. The van der Waals surface area contributed by atoms with E-state index < -0.39 is 11.5 Å². The van der Waals surface area contributed by atoms with E-state index in [1.165, 1.54) is 7.05 Å². The molecule has 0 atom stereocenters. The number of amides is 1. The topological polar surface area (TPSA) is 66.0 Å². The first-order chi connectivity index (χ1) is 10.6. The second-order valence-electron chi connectivity index (χ2n) is 4.74. The van der Waals surface area contributed by atoms with Gasteiger partial charge in [0.2, 0.25) is 0 Å². The van der Waals surface area contributed by atoms with E-state index in [1.807, 2.05) is 0 Å². The van der Waals surface area contributed by atoms with Crippen LogP contribution in [0.15, 0.2) is 38.0 Å². The smallest absolute Gasteiger partial charge is 0.406 e. The van der Waals surface area contributed by atoms with Crippen molar-refractivity contribution in [2.75, 3.05) is 53.3 Å². The molecule has 22 heavy (non-hydrogen) atoms. The fraction of sp³-hybridized carbons (Fsp3) is 0.562. The van der Waals surface area contributed by atoms with Crippen LogP contribution in [0.2, 0.25) is 0 Å². The Labute approximate surface area is 132 Å². The molecule has 0 saturated carbocycles. The lowest BCUT2D eigenvalue weighted by Crippen LogP contribution is -2.43. The second kappa shape index (κ2) is 13.1. The van der Waals surface area contributed by atoms with Crippen molar-refractivity contribution in [2.45, 2.75) is 0 Å². The van der Waals surface area contributed by atoms with Crippen molar-refractivity contribution in [1.82, 2.24) is 5.32 Å². The van der Waals surface area contributed by atoms with E-state index in [1.54, 1.807) is 18.2 Å². The minimum absolute atomic E-state index is 0.109. The van der Waals surface area contributed by atoms with E-state index >= 15 is 0 Å². The number of nitrogens with one attached hydrogen (secondary N) is 1. The minimum Gasteiger partial charge on any atom is -0.449 e. The first-order valence-corrected chi connectivity index (χ1v) is 7.04. The van der Waals surface area contributed by atoms with Crippen LogP contribution < -0.4 is 5.32 Å². The van der Waals surface area contributed by atoms with Gasteiger partial charge in [-0.1, -0.05) is 18.2 Å². The maximum Gasteiger partial charge on any atom is 0.406 e. The SMILES string of the molecule is C=CCOCC(COCC=C)(COCC=C)COC(=O)NC. The molecule has 6 nitrogen and oxygen atoms in total. The summed E-state index contributed by atoms with van der Waals surface area (Å²) in [7, 11) is 1.50. The average Bonchev–Trinajstić information content (AvgIpc) is 2.53. The Hall–Kier alpha value is -1.63. The molecule has 0 saturated heterocycles. The number of ether oxygens (including phenoxy) is 4. The summed E-state index contributed by atoms with van der Waals surface area (Å²) >= 11 is 0. The van der Waals surface area contributed by atoms with Gasteiger partial charge in [-0.15, -0.1) is 19.7 Å². The zero-order valence-corrected chi connectivity index (χ0v) is 13.3. The predicted molar refractivity (Wildman–Crippen MR) is 85.9 cm³/mol. The summed E-state index contributed by atoms with van der Waals surface area (Å²) in [6.07, 6.45) is 4.44. The van der Waals surface area contributed by atoms with Gasteiger partial charge in [0.1, 0.15) is 6.61 Å². The summed E-state index contributed by atoms with van der Waals surface area (Å²) in [6, 6.07) is 0. The molecule has 0 aliphatic heterocycles. The Morgan fingerprint density at radius 2 is 1.32 bits per heavy atom. The van der Waals surface area contributed by atoms with Gasteiger partial charge in [0.05, 0.1) is 45.1 Å². The highest BCUT2D eigenvalue weighted by Crippen LogP contribution is 2.21. The van der Waals surface area contributed by atoms with Crippen LogP contribution in [0.3, 0.4) is 0 Å². The highest BCUT2D eigenvalue weighted by atomic mass is 16.6. The summed E-state index contributed by atoms with van der Waals surface area (Å²) in [5.74, 6) is 0. The van der Waals surface area contributed by atoms with Crippen LogP contribution in [0.25, 0.3) is 0 Å². The number of carbonyl (C=O) groups excluding carboxylic acids is 1. The third-order valence-electron chi connectivity index (χ3n) is 2.65. The Balaban J connectivity index is 4.81. The van der Waals surface area contributed by atoms with Gasteiger partial charge in [0.25, 0.3) is 0 Å². The number of hydrogen-bond donors (Lipinski definition) is 1. The fourth-order valence-corrected chi connectivity index (χ4v) is 1.62. The van der Waals surface area contributed by atoms with Crippen molar-refractivity contribution in [3.05, 3.63) is 38.0 Å². The first-order valence-electron chi connectivity index (χ1n) is 7.04. The number of hydrogen-bond acceptors (Lipinski definition) is 5. The molecule has 0 aromatic heterocycles.